The number of aromatic nitrogens is 1. The Balaban J connectivity index is 1.63. The number of hydrogen-bond acceptors (Lipinski definition) is 4. The van der Waals surface area contributed by atoms with Crippen LogP contribution in [-0.2, 0) is 17.6 Å². The number of halogens is 1. The van der Waals surface area contributed by atoms with E-state index in [2.05, 4.69) is 25.6 Å². The Bertz CT molecular complexity index is 1120. The average molecular weight is 456 g/mol. The minimum absolute atomic E-state index is 0.522. The summed E-state index contributed by atoms with van der Waals surface area (Å²) < 4.78 is 11.7. The summed E-state index contributed by atoms with van der Waals surface area (Å²) in [6, 6.07) is 9.40. The molecule has 32 heavy (non-hydrogen) atoms. The Morgan fingerprint density at radius 2 is 2.06 bits per heavy atom. The Morgan fingerprint density at radius 3 is 2.72 bits per heavy atom. The molecular weight excluding hydrogens is 426 g/mol. The number of fused-ring (bicyclic) bond motifs is 1. The van der Waals surface area contributed by atoms with Gasteiger partial charge in [-0.25, -0.2) is 0 Å². The minimum Gasteiger partial charge on any atom is -0.493 e. The summed E-state index contributed by atoms with van der Waals surface area (Å²) in [5.41, 5.74) is 5.30. The summed E-state index contributed by atoms with van der Waals surface area (Å²) >= 11 is 6.41. The first-order valence-electron chi connectivity index (χ1n) is 11.1. The van der Waals surface area contributed by atoms with E-state index in [1.165, 1.54) is 0 Å². The highest BCUT2D eigenvalue weighted by molar-refractivity contribution is 6.32. The van der Waals surface area contributed by atoms with Gasteiger partial charge in [0.15, 0.2) is 5.58 Å². The molecule has 3 aromatic rings. The molecule has 1 aromatic heterocycles. The molecule has 170 valence electrons. The first-order chi connectivity index (χ1) is 15.4. The zero-order valence-electron chi connectivity index (χ0n) is 18.9. The fraction of sp³-hybridized carbons (Fsp3) is 0.385. The molecule has 0 aliphatic rings. The molecule has 0 fully saturated rings. The molecule has 0 radical (unpaired) electrons. The standard InChI is InChI=1S/C26H30ClNO4/c1-5-8-21-24(13-12-20-23(6-2)28-32-25(20)21)31-14-7-9-16(3)19-11-10-18(15-22(19)27)17(4)26(29)30/h10-13,15,17H,3,5-9,14H2,1-2,4H3,(H,29,30). The van der Waals surface area contributed by atoms with Crippen molar-refractivity contribution in [1.29, 1.82) is 0 Å². The van der Waals surface area contributed by atoms with Gasteiger partial charge in [-0.05, 0) is 67.5 Å². The molecule has 0 amide bonds. The lowest BCUT2D eigenvalue weighted by Crippen LogP contribution is -2.07. The van der Waals surface area contributed by atoms with Crippen molar-refractivity contribution in [2.24, 2.45) is 0 Å². The highest BCUT2D eigenvalue weighted by Crippen LogP contribution is 2.32. The number of benzene rings is 2. The lowest BCUT2D eigenvalue weighted by atomic mass is 9.96. The molecule has 6 heteroatoms. The van der Waals surface area contributed by atoms with E-state index in [-0.39, 0.29) is 0 Å². The van der Waals surface area contributed by atoms with Gasteiger partial charge < -0.3 is 14.4 Å². The number of carboxylic acids is 1. The number of aliphatic carboxylic acids is 1. The number of nitrogens with zero attached hydrogens (tertiary/aromatic N) is 1. The van der Waals surface area contributed by atoms with E-state index in [0.717, 1.165) is 71.2 Å². The van der Waals surface area contributed by atoms with Crippen LogP contribution in [-0.4, -0.2) is 22.8 Å². The molecule has 5 nitrogen and oxygen atoms in total. The van der Waals surface area contributed by atoms with Crippen LogP contribution in [0.1, 0.15) is 68.3 Å². The van der Waals surface area contributed by atoms with E-state index >= 15 is 0 Å². The largest absolute Gasteiger partial charge is 0.493 e. The lowest BCUT2D eigenvalue weighted by Gasteiger charge is -2.14. The molecule has 1 heterocycles. The SMILES string of the molecule is C=C(CCCOc1ccc2c(CC)noc2c1CCC)c1ccc(C(C)C(=O)O)cc1Cl. The summed E-state index contributed by atoms with van der Waals surface area (Å²) in [7, 11) is 0. The molecule has 1 N–H and O–H groups in total. The second-order valence-electron chi connectivity index (χ2n) is 8.01. The highest BCUT2D eigenvalue weighted by Gasteiger charge is 2.17. The van der Waals surface area contributed by atoms with Crippen molar-refractivity contribution in [3.05, 3.63) is 64.3 Å². The van der Waals surface area contributed by atoms with Crippen LogP contribution in [0.25, 0.3) is 16.5 Å². The van der Waals surface area contributed by atoms with Crippen LogP contribution in [0.4, 0.5) is 0 Å². The van der Waals surface area contributed by atoms with E-state index in [4.69, 9.17) is 20.9 Å². The van der Waals surface area contributed by atoms with E-state index in [1.807, 2.05) is 18.2 Å². The monoisotopic (exact) mass is 455 g/mol. The third-order valence-electron chi connectivity index (χ3n) is 5.74. The Kier molecular flexibility index (Phi) is 7.97. The molecule has 0 saturated heterocycles. The molecule has 0 spiro atoms. The van der Waals surface area contributed by atoms with E-state index in [9.17, 15) is 9.90 Å². The smallest absolute Gasteiger partial charge is 0.310 e. The van der Waals surface area contributed by atoms with Gasteiger partial charge in [-0.3, -0.25) is 4.79 Å². The van der Waals surface area contributed by atoms with Crippen LogP contribution < -0.4 is 4.74 Å². The van der Waals surface area contributed by atoms with E-state index in [1.54, 1.807) is 19.1 Å². The maximum absolute atomic E-state index is 11.2. The molecular formula is C26H30ClNO4. The zero-order chi connectivity index (χ0) is 23.3. The van der Waals surface area contributed by atoms with Crippen LogP contribution in [0.5, 0.6) is 5.75 Å². The molecule has 1 unspecified atom stereocenters. The van der Waals surface area contributed by atoms with Crippen molar-refractivity contribution in [2.45, 2.75) is 58.8 Å². The molecule has 2 aromatic carbocycles. The van der Waals surface area contributed by atoms with Crippen LogP contribution in [0.2, 0.25) is 5.02 Å². The fourth-order valence-electron chi connectivity index (χ4n) is 3.80. The van der Waals surface area contributed by atoms with Crippen molar-refractivity contribution in [3.63, 3.8) is 0 Å². The van der Waals surface area contributed by atoms with Gasteiger partial charge in [-0.1, -0.05) is 55.7 Å². The van der Waals surface area contributed by atoms with Crippen molar-refractivity contribution >= 4 is 34.1 Å². The summed E-state index contributed by atoms with van der Waals surface area (Å²) in [5.74, 6) is -0.633. The predicted molar refractivity (Wildman–Crippen MR) is 129 cm³/mol. The van der Waals surface area contributed by atoms with Gasteiger partial charge in [0.05, 0.1) is 18.2 Å². The first kappa shape index (κ1) is 23.9. The van der Waals surface area contributed by atoms with Crippen molar-refractivity contribution in [1.82, 2.24) is 5.16 Å². The van der Waals surface area contributed by atoms with Gasteiger partial charge in [-0.15, -0.1) is 0 Å². The second-order valence-corrected chi connectivity index (χ2v) is 8.41. The number of carboxylic acid groups (broad SMARTS) is 1. The fourth-order valence-corrected chi connectivity index (χ4v) is 4.12. The third kappa shape index (κ3) is 5.16. The van der Waals surface area contributed by atoms with Gasteiger partial charge in [0.25, 0.3) is 0 Å². The molecule has 0 aliphatic heterocycles. The maximum Gasteiger partial charge on any atom is 0.310 e. The molecule has 0 saturated carbocycles. The van der Waals surface area contributed by atoms with Crippen molar-refractivity contribution < 1.29 is 19.2 Å². The normalized spacial score (nSPS) is 12.1. The Morgan fingerprint density at radius 1 is 1.28 bits per heavy atom. The number of hydrogen-bond donors (Lipinski definition) is 1. The van der Waals surface area contributed by atoms with Crippen LogP contribution >= 0.6 is 11.6 Å². The van der Waals surface area contributed by atoms with Gasteiger partial charge in [0.2, 0.25) is 0 Å². The maximum atomic E-state index is 11.2. The number of rotatable bonds is 11. The highest BCUT2D eigenvalue weighted by atomic mass is 35.5. The quantitative estimate of drug-likeness (QED) is 0.313. The van der Waals surface area contributed by atoms with E-state index in [0.29, 0.717) is 17.2 Å². The average Bonchev–Trinajstić information content (AvgIpc) is 3.20. The van der Waals surface area contributed by atoms with Gasteiger partial charge in [0.1, 0.15) is 5.75 Å². The topological polar surface area (TPSA) is 72.6 Å². The van der Waals surface area contributed by atoms with Crippen LogP contribution in [0, 0.1) is 0 Å². The van der Waals surface area contributed by atoms with Gasteiger partial charge >= 0.3 is 5.97 Å². The number of ether oxygens (including phenoxy) is 1. The minimum atomic E-state index is -0.873. The zero-order valence-corrected chi connectivity index (χ0v) is 19.7. The van der Waals surface area contributed by atoms with Crippen molar-refractivity contribution in [2.75, 3.05) is 6.61 Å². The summed E-state index contributed by atoms with van der Waals surface area (Å²) in [5, 5.41) is 15.0. The summed E-state index contributed by atoms with van der Waals surface area (Å²) in [6.45, 7) is 10.6. The Labute approximate surface area is 194 Å². The van der Waals surface area contributed by atoms with Gasteiger partial charge in [-0.2, -0.15) is 0 Å². The lowest BCUT2D eigenvalue weighted by molar-refractivity contribution is -0.138. The Hall–Kier alpha value is -2.79. The molecule has 1 atom stereocenters. The molecule has 3 rings (SSSR count). The van der Waals surface area contributed by atoms with Gasteiger partial charge in [0, 0.05) is 16.0 Å². The number of carbonyl (C=O) groups is 1. The van der Waals surface area contributed by atoms with E-state index < -0.39 is 11.9 Å². The third-order valence-corrected chi connectivity index (χ3v) is 6.05. The van der Waals surface area contributed by atoms with Crippen LogP contribution in [0.15, 0.2) is 41.4 Å². The summed E-state index contributed by atoms with van der Waals surface area (Å²) in [6.07, 6.45) is 4.20. The second kappa shape index (κ2) is 10.7. The van der Waals surface area contributed by atoms with Crippen LogP contribution in [0.3, 0.4) is 0 Å². The first-order valence-corrected chi connectivity index (χ1v) is 11.5. The number of aryl methyl sites for hydroxylation is 2. The summed E-state index contributed by atoms with van der Waals surface area (Å²) in [4.78, 5) is 11.2. The molecule has 0 bridgehead atoms. The predicted octanol–water partition coefficient (Wildman–Crippen LogP) is 7.06. The molecule has 0 aliphatic carbocycles. The van der Waals surface area contributed by atoms with Crippen molar-refractivity contribution in [3.8, 4) is 5.75 Å². The number of allylic oxidation sites excluding steroid dienone is 1.